The Hall–Kier alpha value is -1.59. The lowest BCUT2D eigenvalue weighted by molar-refractivity contribution is 0.492. The van der Waals surface area contributed by atoms with Crippen LogP contribution in [0, 0.1) is 0 Å². The minimum atomic E-state index is 0.996. The third-order valence-electron chi connectivity index (χ3n) is 2.41. The van der Waals surface area contributed by atoms with Crippen molar-refractivity contribution in [1.82, 2.24) is 4.57 Å². The van der Waals surface area contributed by atoms with Gasteiger partial charge >= 0.3 is 0 Å². The smallest absolute Gasteiger partial charge is 0.111 e. The highest BCUT2D eigenvalue weighted by Crippen LogP contribution is 2.26. The van der Waals surface area contributed by atoms with E-state index >= 15 is 0 Å². The third kappa shape index (κ3) is 2.75. The SMILES string of the molecule is CNc1cc(-n2cccc2)ccc1NSOC. The quantitative estimate of drug-likeness (QED) is 0.630. The molecule has 0 aliphatic rings. The fraction of sp³-hybridized carbons (Fsp3) is 0.167. The summed E-state index contributed by atoms with van der Waals surface area (Å²) in [5.41, 5.74) is 3.14. The number of benzene rings is 1. The molecule has 1 heterocycles. The van der Waals surface area contributed by atoms with Gasteiger partial charge in [-0.25, -0.2) is 0 Å². The number of aromatic nitrogens is 1. The molecule has 4 nitrogen and oxygen atoms in total. The zero-order chi connectivity index (χ0) is 12.1. The van der Waals surface area contributed by atoms with Gasteiger partial charge in [0.1, 0.15) is 12.2 Å². The van der Waals surface area contributed by atoms with Crippen LogP contribution in [0.15, 0.2) is 42.7 Å². The van der Waals surface area contributed by atoms with E-state index < -0.39 is 0 Å². The molecule has 90 valence electrons. The van der Waals surface area contributed by atoms with Gasteiger partial charge in [0.15, 0.2) is 0 Å². The van der Waals surface area contributed by atoms with E-state index in [1.165, 1.54) is 12.2 Å². The van der Waals surface area contributed by atoms with Gasteiger partial charge in [-0.1, -0.05) is 0 Å². The minimum Gasteiger partial charge on any atom is -0.386 e. The lowest BCUT2D eigenvalue weighted by atomic mass is 10.2. The second kappa shape index (κ2) is 5.65. The Bertz CT molecular complexity index is 471. The summed E-state index contributed by atoms with van der Waals surface area (Å²) in [6.07, 6.45) is 4.04. The summed E-state index contributed by atoms with van der Waals surface area (Å²) in [6, 6.07) is 10.2. The number of nitrogens with zero attached hydrogens (tertiary/aromatic N) is 1. The number of hydrogen-bond donors (Lipinski definition) is 2. The van der Waals surface area contributed by atoms with E-state index in [2.05, 4.69) is 26.7 Å². The predicted octanol–water partition coefficient (Wildman–Crippen LogP) is 3.14. The normalized spacial score (nSPS) is 10.2. The lowest BCUT2D eigenvalue weighted by Crippen LogP contribution is -1.98. The van der Waals surface area contributed by atoms with Crippen molar-refractivity contribution in [2.45, 2.75) is 0 Å². The Kier molecular flexibility index (Phi) is 3.95. The summed E-state index contributed by atoms with van der Waals surface area (Å²) in [4.78, 5) is 0. The maximum Gasteiger partial charge on any atom is 0.111 e. The van der Waals surface area contributed by atoms with Gasteiger partial charge in [0, 0.05) is 25.1 Å². The van der Waals surface area contributed by atoms with E-state index in [0.717, 1.165) is 17.1 Å². The van der Waals surface area contributed by atoms with Crippen molar-refractivity contribution < 1.29 is 4.18 Å². The molecule has 2 N–H and O–H groups in total. The topological polar surface area (TPSA) is 38.2 Å². The summed E-state index contributed by atoms with van der Waals surface area (Å²) >= 11 is 1.20. The van der Waals surface area contributed by atoms with Gasteiger partial charge in [-0.15, -0.1) is 0 Å². The summed E-state index contributed by atoms with van der Waals surface area (Å²) in [7, 11) is 3.53. The summed E-state index contributed by atoms with van der Waals surface area (Å²) in [5, 5.41) is 3.16. The van der Waals surface area contributed by atoms with Crippen molar-refractivity contribution in [3.8, 4) is 5.69 Å². The molecule has 0 amide bonds. The van der Waals surface area contributed by atoms with Crippen molar-refractivity contribution in [2.75, 3.05) is 24.2 Å². The van der Waals surface area contributed by atoms with Crippen LogP contribution in [0.2, 0.25) is 0 Å². The molecule has 1 aromatic carbocycles. The molecule has 0 radical (unpaired) electrons. The highest BCUT2D eigenvalue weighted by atomic mass is 32.2. The molecule has 5 heteroatoms. The zero-order valence-corrected chi connectivity index (χ0v) is 10.6. The molecule has 0 atom stereocenters. The first-order chi connectivity index (χ1) is 8.35. The fourth-order valence-electron chi connectivity index (χ4n) is 1.58. The van der Waals surface area contributed by atoms with Crippen molar-refractivity contribution in [2.24, 2.45) is 0 Å². The van der Waals surface area contributed by atoms with Crippen LogP contribution in [-0.2, 0) is 4.18 Å². The van der Waals surface area contributed by atoms with Crippen molar-refractivity contribution in [3.05, 3.63) is 42.7 Å². The van der Waals surface area contributed by atoms with Crippen LogP contribution in [0.3, 0.4) is 0 Å². The highest BCUT2D eigenvalue weighted by Gasteiger charge is 2.03. The van der Waals surface area contributed by atoms with E-state index in [1.54, 1.807) is 7.11 Å². The summed E-state index contributed by atoms with van der Waals surface area (Å²) in [6.45, 7) is 0. The van der Waals surface area contributed by atoms with Gasteiger partial charge < -0.3 is 18.8 Å². The van der Waals surface area contributed by atoms with Gasteiger partial charge in [0.05, 0.1) is 18.5 Å². The van der Waals surface area contributed by atoms with Crippen LogP contribution in [0.4, 0.5) is 11.4 Å². The van der Waals surface area contributed by atoms with E-state index in [9.17, 15) is 0 Å². The van der Waals surface area contributed by atoms with Gasteiger partial charge in [-0.3, -0.25) is 0 Å². The number of anilines is 2. The molecule has 1 aromatic heterocycles. The highest BCUT2D eigenvalue weighted by molar-refractivity contribution is 7.96. The average Bonchev–Trinajstić information content (AvgIpc) is 2.90. The zero-order valence-electron chi connectivity index (χ0n) is 9.81. The molecule has 0 fully saturated rings. The number of hydrogen-bond acceptors (Lipinski definition) is 4. The van der Waals surface area contributed by atoms with Crippen LogP contribution in [0.1, 0.15) is 0 Å². The van der Waals surface area contributed by atoms with Gasteiger partial charge in [0.25, 0.3) is 0 Å². The summed E-state index contributed by atoms with van der Waals surface area (Å²) in [5.74, 6) is 0. The van der Waals surface area contributed by atoms with Crippen LogP contribution in [0.25, 0.3) is 5.69 Å². The van der Waals surface area contributed by atoms with Crippen molar-refractivity contribution in [1.29, 1.82) is 0 Å². The molecule has 0 spiro atoms. The molecular formula is C12H15N3OS. The Morgan fingerprint density at radius 2 is 1.94 bits per heavy atom. The van der Waals surface area contributed by atoms with E-state index in [0.29, 0.717) is 0 Å². The maximum atomic E-state index is 4.92. The first kappa shape index (κ1) is 11.9. The maximum absolute atomic E-state index is 4.92. The van der Waals surface area contributed by atoms with Crippen molar-refractivity contribution in [3.63, 3.8) is 0 Å². The molecule has 2 rings (SSSR count). The van der Waals surface area contributed by atoms with Crippen LogP contribution in [-0.4, -0.2) is 18.7 Å². The molecule has 0 saturated carbocycles. The molecule has 2 aromatic rings. The Morgan fingerprint density at radius 1 is 1.18 bits per heavy atom. The molecule has 0 unspecified atom stereocenters. The molecule has 0 saturated heterocycles. The third-order valence-corrected chi connectivity index (χ3v) is 2.88. The van der Waals surface area contributed by atoms with Gasteiger partial charge in [-0.05, 0) is 30.3 Å². The minimum absolute atomic E-state index is 0.996. The van der Waals surface area contributed by atoms with Crippen LogP contribution < -0.4 is 10.0 Å². The Labute approximate surface area is 105 Å². The first-order valence-electron chi connectivity index (χ1n) is 5.26. The Balaban J connectivity index is 2.27. The van der Waals surface area contributed by atoms with Crippen LogP contribution in [0.5, 0.6) is 0 Å². The first-order valence-corrected chi connectivity index (χ1v) is 6.00. The van der Waals surface area contributed by atoms with Gasteiger partial charge in [0.2, 0.25) is 0 Å². The molecule has 0 aliphatic heterocycles. The van der Waals surface area contributed by atoms with E-state index in [4.69, 9.17) is 4.18 Å². The Morgan fingerprint density at radius 3 is 2.59 bits per heavy atom. The number of nitrogens with one attached hydrogen (secondary N) is 2. The van der Waals surface area contributed by atoms with Gasteiger partial charge in [-0.2, -0.15) is 0 Å². The molecule has 0 aliphatic carbocycles. The second-order valence-corrected chi connectivity index (χ2v) is 4.13. The van der Waals surface area contributed by atoms with E-state index in [1.807, 2.05) is 37.6 Å². The second-order valence-electron chi connectivity index (χ2n) is 3.42. The fourth-order valence-corrected chi connectivity index (χ4v) is 1.93. The van der Waals surface area contributed by atoms with Crippen molar-refractivity contribution >= 4 is 23.6 Å². The largest absolute Gasteiger partial charge is 0.386 e. The average molecular weight is 249 g/mol. The number of rotatable bonds is 5. The molecule has 17 heavy (non-hydrogen) atoms. The monoisotopic (exact) mass is 249 g/mol. The predicted molar refractivity (Wildman–Crippen MR) is 73.5 cm³/mol. The molecule has 0 bridgehead atoms. The van der Waals surface area contributed by atoms with Crippen LogP contribution >= 0.6 is 12.2 Å². The molecular weight excluding hydrogens is 234 g/mol. The lowest BCUT2D eigenvalue weighted by Gasteiger charge is -2.12. The standard InChI is InChI=1S/C12H15N3OS/c1-13-12-9-10(15-7-3-4-8-15)5-6-11(12)14-17-16-2/h3-9,13-14H,1-2H3. The van der Waals surface area contributed by atoms with E-state index in [-0.39, 0.29) is 0 Å². The summed E-state index contributed by atoms with van der Waals surface area (Å²) < 4.78 is 10.1.